The summed E-state index contributed by atoms with van der Waals surface area (Å²) in [6, 6.07) is 0.650. The summed E-state index contributed by atoms with van der Waals surface area (Å²) in [7, 11) is 0. The van der Waals surface area contributed by atoms with Crippen LogP contribution in [0.15, 0.2) is 0 Å². The molecule has 2 aliphatic rings. The lowest BCUT2D eigenvalue weighted by atomic mass is 9.85. The molecule has 1 spiro atoms. The monoisotopic (exact) mass is 212 g/mol. The van der Waals surface area contributed by atoms with Gasteiger partial charge in [0.25, 0.3) is 0 Å². The van der Waals surface area contributed by atoms with E-state index in [1.165, 1.54) is 6.42 Å². The molecule has 2 saturated heterocycles. The highest BCUT2D eigenvalue weighted by atomic mass is 16.5. The summed E-state index contributed by atoms with van der Waals surface area (Å²) >= 11 is 0. The highest BCUT2D eigenvalue weighted by molar-refractivity contribution is 4.98. The van der Waals surface area contributed by atoms with Crippen molar-refractivity contribution in [3.8, 4) is 0 Å². The molecule has 2 aliphatic heterocycles. The lowest BCUT2D eigenvalue weighted by molar-refractivity contribution is 0.0230. The van der Waals surface area contributed by atoms with E-state index in [0.29, 0.717) is 11.6 Å². The fourth-order valence-electron chi connectivity index (χ4n) is 2.82. The fourth-order valence-corrected chi connectivity index (χ4v) is 2.82. The van der Waals surface area contributed by atoms with Crippen LogP contribution in [0.4, 0.5) is 0 Å². The Morgan fingerprint density at radius 3 is 2.73 bits per heavy atom. The minimum absolute atomic E-state index is 0.329. The van der Waals surface area contributed by atoms with Crippen molar-refractivity contribution in [2.24, 2.45) is 5.92 Å². The van der Waals surface area contributed by atoms with Crippen LogP contribution in [-0.4, -0.2) is 37.9 Å². The van der Waals surface area contributed by atoms with E-state index in [4.69, 9.17) is 4.74 Å². The minimum atomic E-state index is 0.329. The van der Waals surface area contributed by atoms with Crippen LogP contribution in [0.25, 0.3) is 0 Å². The Balaban J connectivity index is 1.90. The molecule has 0 unspecified atom stereocenters. The lowest BCUT2D eigenvalue weighted by Gasteiger charge is -2.45. The van der Waals surface area contributed by atoms with Crippen molar-refractivity contribution in [3.05, 3.63) is 0 Å². The summed E-state index contributed by atoms with van der Waals surface area (Å²) in [5.41, 5.74) is 0.329. The van der Waals surface area contributed by atoms with Crippen LogP contribution in [0.5, 0.6) is 0 Å². The second-order valence-corrected chi connectivity index (χ2v) is 5.49. The molecular weight excluding hydrogens is 188 g/mol. The first kappa shape index (κ1) is 11.4. The molecule has 2 rings (SSSR count). The second kappa shape index (κ2) is 4.81. The molecule has 88 valence electrons. The zero-order chi connectivity index (χ0) is 10.7. The normalized spacial score (nSPS) is 31.0. The maximum absolute atomic E-state index is 5.45. The van der Waals surface area contributed by atoms with Crippen molar-refractivity contribution in [3.63, 3.8) is 0 Å². The van der Waals surface area contributed by atoms with Gasteiger partial charge in [0.05, 0.1) is 0 Å². The van der Waals surface area contributed by atoms with Crippen LogP contribution in [-0.2, 0) is 4.74 Å². The van der Waals surface area contributed by atoms with Crippen LogP contribution >= 0.6 is 0 Å². The molecule has 0 bridgehead atoms. The molecular formula is C12H24N2O. The molecule has 0 aromatic carbocycles. The van der Waals surface area contributed by atoms with Gasteiger partial charge in [-0.2, -0.15) is 0 Å². The smallest absolute Gasteiger partial charge is 0.0484 e. The van der Waals surface area contributed by atoms with E-state index in [1.54, 1.807) is 0 Å². The Morgan fingerprint density at radius 2 is 2.07 bits per heavy atom. The third kappa shape index (κ3) is 2.92. The van der Waals surface area contributed by atoms with E-state index >= 15 is 0 Å². The fraction of sp³-hybridized carbons (Fsp3) is 1.00. The number of ether oxygens (including phenoxy) is 1. The third-order valence-electron chi connectivity index (χ3n) is 3.57. The zero-order valence-electron chi connectivity index (χ0n) is 10.0. The zero-order valence-corrected chi connectivity index (χ0v) is 10.0. The van der Waals surface area contributed by atoms with Crippen LogP contribution in [0.2, 0.25) is 0 Å². The summed E-state index contributed by atoms with van der Waals surface area (Å²) in [6.07, 6.45) is 3.60. The molecule has 0 saturated carbocycles. The second-order valence-electron chi connectivity index (χ2n) is 5.49. The van der Waals surface area contributed by atoms with Crippen molar-refractivity contribution >= 4 is 0 Å². The molecule has 0 aromatic heterocycles. The maximum Gasteiger partial charge on any atom is 0.0484 e. The van der Waals surface area contributed by atoms with Crippen molar-refractivity contribution < 1.29 is 4.74 Å². The molecule has 0 amide bonds. The quantitative estimate of drug-likeness (QED) is 0.720. The Labute approximate surface area is 93.0 Å². The standard InChI is InChI=1S/C12H24N2O/c1-10(2)7-11-8-13-9-12(14-11)3-5-15-6-4-12/h10-11,13-14H,3-9H2,1-2H3/t11-/m1/s1. The van der Waals surface area contributed by atoms with Crippen molar-refractivity contribution in [2.45, 2.75) is 44.7 Å². The summed E-state index contributed by atoms with van der Waals surface area (Å²) in [6.45, 7) is 8.68. The van der Waals surface area contributed by atoms with Gasteiger partial charge in [-0.3, -0.25) is 0 Å². The van der Waals surface area contributed by atoms with Gasteiger partial charge in [0, 0.05) is 37.9 Å². The van der Waals surface area contributed by atoms with Gasteiger partial charge >= 0.3 is 0 Å². The predicted molar refractivity (Wildman–Crippen MR) is 62.0 cm³/mol. The molecule has 15 heavy (non-hydrogen) atoms. The average Bonchev–Trinajstić information content (AvgIpc) is 2.17. The van der Waals surface area contributed by atoms with E-state index in [2.05, 4.69) is 24.5 Å². The predicted octanol–water partition coefficient (Wildman–Crippen LogP) is 1.14. The van der Waals surface area contributed by atoms with Crippen molar-refractivity contribution in [2.75, 3.05) is 26.3 Å². The largest absolute Gasteiger partial charge is 0.381 e. The van der Waals surface area contributed by atoms with Crippen LogP contribution in [0, 0.1) is 5.92 Å². The maximum atomic E-state index is 5.45. The summed E-state index contributed by atoms with van der Waals surface area (Å²) in [5.74, 6) is 0.777. The number of piperazine rings is 1. The Hall–Kier alpha value is -0.120. The van der Waals surface area contributed by atoms with Gasteiger partial charge in [0.2, 0.25) is 0 Å². The van der Waals surface area contributed by atoms with E-state index in [1.807, 2.05) is 0 Å². The SMILES string of the molecule is CC(C)C[C@@H]1CNCC2(CCOCC2)N1. The Bertz CT molecular complexity index is 194. The minimum Gasteiger partial charge on any atom is -0.381 e. The molecule has 2 fully saturated rings. The highest BCUT2D eigenvalue weighted by Crippen LogP contribution is 2.24. The molecule has 0 aliphatic carbocycles. The first-order valence-electron chi connectivity index (χ1n) is 6.26. The van der Waals surface area contributed by atoms with Gasteiger partial charge in [-0.25, -0.2) is 0 Å². The van der Waals surface area contributed by atoms with Gasteiger partial charge in [-0.1, -0.05) is 13.8 Å². The first-order valence-corrected chi connectivity index (χ1v) is 6.26. The number of hydrogen-bond donors (Lipinski definition) is 2. The van der Waals surface area contributed by atoms with Crippen LogP contribution < -0.4 is 10.6 Å². The summed E-state index contributed by atoms with van der Waals surface area (Å²) in [4.78, 5) is 0. The van der Waals surface area contributed by atoms with E-state index < -0.39 is 0 Å². The first-order chi connectivity index (χ1) is 7.20. The van der Waals surface area contributed by atoms with Gasteiger partial charge in [0.1, 0.15) is 0 Å². The van der Waals surface area contributed by atoms with Gasteiger partial charge in [-0.05, 0) is 25.2 Å². The topological polar surface area (TPSA) is 33.3 Å². The van der Waals surface area contributed by atoms with Crippen LogP contribution in [0.3, 0.4) is 0 Å². The van der Waals surface area contributed by atoms with Crippen molar-refractivity contribution in [1.29, 1.82) is 0 Å². The average molecular weight is 212 g/mol. The summed E-state index contributed by atoms with van der Waals surface area (Å²) < 4.78 is 5.45. The highest BCUT2D eigenvalue weighted by Gasteiger charge is 2.36. The van der Waals surface area contributed by atoms with Crippen LogP contribution in [0.1, 0.15) is 33.1 Å². The summed E-state index contributed by atoms with van der Waals surface area (Å²) in [5, 5.41) is 7.44. The third-order valence-corrected chi connectivity index (χ3v) is 3.57. The van der Waals surface area contributed by atoms with E-state index in [-0.39, 0.29) is 0 Å². The lowest BCUT2D eigenvalue weighted by Crippen LogP contribution is -2.65. The number of nitrogens with one attached hydrogen (secondary N) is 2. The van der Waals surface area contributed by atoms with E-state index in [0.717, 1.165) is 45.1 Å². The molecule has 2 heterocycles. The Morgan fingerprint density at radius 1 is 1.33 bits per heavy atom. The van der Waals surface area contributed by atoms with Gasteiger partial charge in [0.15, 0.2) is 0 Å². The Kier molecular flexibility index (Phi) is 3.65. The molecule has 3 nitrogen and oxygen atoms in total. The van der Waals surface area contributed by atoms with Gasteiger partial charge in [-0.15, -0.1) is 0 Å². The molecule has 2 N–H and O–H groups in total. The number of hydrogen-bond acceptors (Lipinski definition) is 3. The van der Waals surface area contributed by atoms with Crippen molar-refractivity contribution in [1.82, 2.24) is 10.6 Å². The van der Waals surface area contributed by atoms with E-state index in [9.17, 15) is 0 Å². The molecule has 0 radical (unpaired) electrons. The number of rotatable bonds is 2. The van der Waals surface area contributed by atoms with Gasteiger partial charge < -0.3 is 15.4 Å². The molecule has 3 heteroatoms. The molecule has 0 aromatic rings. The molecule has 1 atom stereocenters.